The van der Waals surface area contributed by atoms with Crippen LogP contribution in [0, 0.1) is 0 Å². The second-order valence-corrected chi connectivity index (χ2v) is 19.8. The van der Waals surface area contributed by atoms with E-state index in [1.165, 1.54) is 29.7 Å². The Kier molecular flexibility index (Phi) is 12.1. The molecule has 4 aromatic carbocycles. The molecule has 4 aromatic rings. The first-order valence-corrected chi connectivity index (χ1v) is 22.6. The maximum atomic E-state index is 13.0. The molecule has 2 spiro atoms. The zero-order chi connectivity index (χ0) is 41.3. The Bertz CT molecular complexity index is 2490. The predicted octanol–water partition coefficient (Wildman–Crippen LogP) is 8.05. The molecule has 14 heteroatoms. The van der Waals surface area contributed by atoms with Gasteiger partial charge in [0.15, 0.2) is 0 Å². The van der Waals surface area contributed by atoms with Crippen LogP contribution in [0.1, 0.15) is 60.8 Å². The summed E-state index contributed by atoms with van der Waals surface area (Å²) in [4.78, 5) is 24.2. The standard InChI is InChI=1S/2C22H22ClNO4S/c2*1-28-21(25)14-16-15-22(20-5-3-2-4-19(16)20)10-12-24(13-11-22)29(26,27)18-8-6-17(23)7-9-18/h2-9,15H,10-14H2,1H3;2-9,14H,10-13,15H2,1H3. The van der Waals surface area contributed by atoms with Crippen molar-refractivity contribution < 1.29 is 35.9 Å². The number of nitrogens with zero attached hydrogens (tertiary/aromatic N) is 2. The summed E-state index contributed by atoms with van der Waals surface area (Å²) in [7, 11) is -4.35. The third kappa shape index (κ3) is 8.15. The number of piperidine rings is 2. The minimum absolute atomic E-state index is 0.150. The zero-order valence-corrected chi connectivity index (χ0v) is 35.3. The molecule has 2 fully saturated rings. The summed E-state index contributed by atoms with van der Waals surface area (Å²) in [5, 5.41) is 1.02. The Hall–Kier alpha value is -4.30. The molecule has 0 aromatic heterocycles. The van der Waals surface area contributed by atoms with Crippen molar-refractivity contribution >= 4 is 66.3 Å². The first-order valence-electron chi connectivity index (χ1n) is 19.0. The average Bonchev–Trinajstić information content (AvgIpc) is 3.69. The SMILES string of the molecule is COC(=O)C=C1CC2(CCN(S(=O)(=O)c3ccc(Cl)cc3)CC2)c2ccccc21.COC(=O)CC1=CC2(CCN(S(=O)(=O)c3ccc(Cl)cc3)CC2)c2ccccc21. The quantitative estimate of drug-likeness (QED) is 0.135. The second-order valence-electron chi connectivity index (χ2n) is 15.0. The summed E-state index contributed by atoms with van der Waals surface area (Å²) in [5.41, 5.74) is 6.01. The second kappa shape index (κ2) is 16.8. The van der Waals surface area contributed by atoms with E-state index in [1.807, 2.05) is 36.4 Å². The molecule has 0 bridgehead atoms. The lowest BCUT2D eigenvalue weighted by Gasteiger charge is -2.39. The lowest BCUT2D eigenvalue weighted by atomic mass is 9.74. The van der Waals surface area contributed by atoms with Crippen molar-refractivity contribution in [1.29, 1.82) is 0 Å². The number of rotatable bonds is 7. The van der Waals surface area contributed by atoms with Crippen LogP contribution in [0.3, 0.4) is 0 Å². The van der Waals surface area contributed by atoms with E-state index in [2.05, 4.69) is 18.2 Å². The minimum Gasteiger partial charge on any atom is -0.469 e. The van der Waals surface area contributed by atoms with Gasteiger partial charge in [0.05, 0.1) is 30.4 Å². The molecule has 0 unspecified atom stereocenters. The normalized spacial score (nSPS) is 19.2. The van der Waals surface area contributed by atoms with Gasteiger partial charge < -0.3 is 9.47 Å². The Labute approximate surface area is 350 Å². The van der Waals surface area contributed by atoms with Gasteiger partial charge in [0, 0.05) is 53.1 Å². The van der Waals surface area contributed by atoms with Gasteiger partial charge >= 0.3 is 11.9 Å². The number of methoxy groups -OCH3 is 2. The molecule has 58 heavy (non-hydrogen) atoms. The molecule has 0 atom stereocenters. The van der Waals surface area contributed by atoms with Gasteiger partial charge in [-0.15, -0.1) is 0 Å². The molecule has 2 saturated heterocycles. The van der Waals surface area contributed by atoms with Crippen LogP contribution in [0.2, 0.25) is 10.0 Å². The Morgan fingerprint density at radius 1 is 0.655 bits per heavy atom. The van der Waals surface area contributed by atoms with Crippen LogP contribution in [0.15, 0.2) is 119 Å². The summed E-state index contributed by atoms with van der Waals surface area (Å²) in [6.07, 6.45) is 7.40. The number of ether oxygens (including phenoxy) is 2. The third-order valence-corrected chi connectivity index (χ3v) is 16.2. The van der Waals surface area contributed by atoms with Crippen molar-refractivity contribution in [2.75, 3.05) is 40.4 Å². The van der Waals surface area contributed by atoms with Crippen LogP contribution in [0.25, 0.3) is 11.1 Å². The number of fused-ring (bicyclic) bond motifs is 4. The van der Waals surface area contributed by atoms with Gasteiger partial charge in [-0.25, -0.2) is 21.6 Å². The smallest absolute Gasteiger partial charge is 0.330 e. The summed E-state index contributed by atoms with van der Waals surface area (Å²) >= 11 is 11.8. The molecule has 0 saturated carbocycles. The van der Waals surface area contributed by atoms with E-state index in [0.29, 0.717) is 61.9 Å². The zero-order valence-electron chi connectivity index (χ0n) is 32.2. The largest absolute Gasteiger partial charge is 0.469 e. The number of halogens is 2. The first kappa shape index (κ1) is 41.8. The van der Waals surface area contributed by atoms with Gasteiger partial charge in [-0.3, -0.25) is 4.79 Å². The molecule has 304 valence electrons. The number of hydrogen-bond acceptors (Lipinski definition) is 8. The van der Waals surface area contributed by atoms with Crippen LogP contribution >= 0.6 is 23.2 Å². The lowest BCUT2D eigenvalue weighted by molar-refractivity contribution is -0.139. The highest BCUT2D eigenvalue weighted by Gasteiger charge is 2.46. The molecule has 0 amide bonds. The van der Waals surface area contributed by atoms with Crippen molar-refractivity contribution in [3.63, 3.8) is 0 Å². The van der Waals surface area contributed by atoms with Gasteiger partial charge in [-0.05, 0) is 114 Å². The summed E-state index contributed by atoms with van der Waals surface area (Å²) < 4.78 is 64.8. The molecule has 2 aliphatic carbocycles. The fourth-order valence-electron chi connectivity index (χ4n) is 8.82. The lowest BCUT2D eigenvalue weighted by Crippen LogP contribution is -2.44. The predicted molar refractivity (Wildman–Crippen MR) is 224 cm³/mol. The highest BCUT2D eigenvalue weighted by Crippen LogP contribution is 2.52. The van der Waals surface area contributed by atoms with Crippen LogP contribution in [0.5, 0.6) is 0 Å². The van der Waals surface area contributed by atoms with Gasteiger partial charge in [0.2, 0.25) is 20.0 Å². The van der Waals surface area contributed by atoms with E-state index in [0.717, 1.165) is 28.7 Å². The first-order chi connectivity index (χ1) is 27.7. The van der Waals surface area contributed by atoms with Crippen LogP contribution in [0.4, 0.5) is 0 Å². The van der Waals surface area contributed by atoms with Crippen molar-refractivity contribution in [2.24, 2.45) is 0 Å². The van der Waals surface area contributed by atoms with E-state index >= 15 is 0 Å². The fraction of sp³-hybridized carbons (Fsp3) is 0.318. The van der Waals surface area contributed by atoms with E-state index in [9.17, 15) is 26.4 Å². The number of carbonyl (C=O) groups is 2. The van der Waals surface area contributed by atoms with Crippen molar-refractivity contribution in [3.8, 4) is 0 Å². The number of esters is 2. The maximum absolute atomic E-state index is 13.0. The number of benzene rings is 4. The number of carbonyl (C=O) groups excluding carboxylic acids is 2. The van der Waals surface area contributed by atoms with Gasteiger partial charge in [0.25, 0.3) is 0 Å². The Balaban J connectivity index is 0.000000177. The Morgan fingerprint density at radius 3 is 1.66 bits per heavy atom. The fourth-order valence-corrected chi connectivity index (χ4v) is 12.0. The van der Waals surface area contributed by atoms with E-state index in [1.54, 1.807) is 58.9 Å². The molecule has 10 nitrogen and oxygen atoms in total. The van der Waals surface area contributed by atoms with E-state index < -0.39 is 20.0 Å². The van der Waals surface area contributed by atoms with Crippen molar-refractivity contribution in [3.05, 3.63) is 142 Å². The van der Waals surface area contributed by atoms with E-state index in [4.69, 9.17) is 32.7 Å². The van der Waals surface area contributed by atoms with Gasteiger partial charge in [0.1, 0.15) is 0 Å². The molecular formula is C44H44Cl2N2O8S2. The Morgan fingerprint density at radius 2 is 1.14 bits per heavy atom. The molecule has 2 heterocycles. The topological polar surface area (TPSA) is 127 Å². The van der Waals surface area contributed by atoms with Gasteiger partial charge in [-0.1, -0.05) is 77.8 Å². The van der Waals surface area contributed by atoms with E-state index in [-0.39, 0.29) is 39.0 Å². The van der Waals surface area contributed by atoms with Crippen molar-refractivity contribution in [1.82, 2.24) is 8.61 Å². The monoisotopic (exact) mass is 862 g/mol. The highest BCUT2D eigenvalue weighted by molar-refractivity contribution is 7.89. The maximum Gasteiger partial charge on any atom is 0.330 e. The summed E-state index contributed by atoms with van der Waals surface area (Å²) in [5.74, 6) is -0.638. The van der Waals surface area contributed by atoms with Crippen LogP contribution < -0.4 is 0 Å². The molecule has 0 N–H and O–H groups in total. The van der Waals surface area contributed by atoms with Crippen LogP contribution in [-0.2, 0) is 49.9 Å². The number of allylic oxidation sites excluding steroid dienone is 2. The third-order valence-electron chi connectivity index (χ3n) is 11.9. The average molecular weight is 864 g/mol. The summed E-state index contributed by atoms with van der Waals surface area (Å²) in [6.45, 7) is 1.71. The molecule has 2 aliphatic heterocycles. The number of hydrogen-bond donors (Lipinski definition) is 0. The van der Waals surface area contributed by atoms with Crippen molar-refractivity contribution in [2.45, 2.75) is 59.1 Å². The molecule has 0 radical (unpaired) electrons. The molecule has 8 rings (SSSR count). The van der Waals surface area contributed by atoms with Crippen LogP contribution in [-0.4, -0.2) is 77.8 Å². The summed E-state index contributed by atoms with van der Waals surface area (Å²) in [6, 6.07) is 28.7. The number of sulfonamides is 2. The highest BCUT2D eigenvalue weighted by atomic mass is 35.5. The van der Waals surface area contributed by atoms with Gasteiger partial charge in [-0.2, -0.15) is 8.61 Å². The molecule has 4 aliphatic rings. The molecular weight excluding hydrogens is 820 g/mol. The minimum atomic E-state index is -3.56.